The van der Waals surface area contributed by atoms with Crippen LogP contribution in [0.3, 0.4) is 0 Å². The highest BCUT2D eigenvalue weighted by Crippen LogP contribution is 2.26. The summed E-state index contributed by atoms with van der Waals surface area (Å²) in [5.74, 6) is 0. The molecule has 3 rings (SSSR count). The highest BCUT2D eigenvalue weighted by molar-refractivity contribution is 7.99. The van der Waals surface area contributed by atoms with Gasteiger partial charge in [0.05, 0.1) is 5.52 Å². The summed E-state index contributed by atoms with van der Waals surface area (Å²) in [6, 6.07) is 23.4. The second-order valence-corrected chi connectivity index (χ2v) is 4.73. The normalized spacial score (nSPS) is 10.6. The lowest BCUT2D eigenvalue weighted by Crippen LogP contribution is -1.82. The van der Waals surface area contributed by atoms with E-state index in [1.54, 1.807) is 11.8 Å². The van der Waals surface area contributed by atoms with Gasteiger partial charge in [-0.15, -0.1) is 0 Å². The molecule has 0 atom stereocenters. The van der Waals surface area contributed by atoms with Gasteiger partial charge in [-0.2, -0.15) is 0 Å². The molecule has 0 bridgehead atoms. The van der Waals surface area contributed by atoms with Crippen molar-refractivity contribution in [2.75, 3.05) is 0 Å². The molecule has 0 unspecified atom stereocenters. The minimum atomic E-state index is 1.01. The minimum absolute atomic E-state index is 1.01. The topological polar surface area (TPSA) is 12.9 Å². The third kappa shape index (κ3) is 2.32. The number of aromatic nitrogens is 1. The first-order valence-corrected chi connectivity index (χ1v) is 6.24. The monoisotopic (exact) mass is 236 g/mol. The SMILES string of the molecule is [c]1ccccc1Sc1ccc2ccccc2n1. The van der Waals surface area contributed by atoms with Crippen LogP contribution in [0.15, 0.2) is 70.6 Å². The Morgan fingerprint density at radius 3 is 2.65 bits per heavy atom. The maximum atomic E-state index is 4.61. The maximum absolute atomic E-state index is 4.61. The van der Waals surface area contributed by atoms with Crippen LogP contribution in [0.4, 0.5) is 0 Å². The van der Waals surface area contributed by atoms with Gasteiger partial charge < -0.3 is 0 Å². The average Bonchev–Trinajstić information content (AvgIpc) is 2.40. The van der Waals surface area contributed by atoms with Crippen molar-refractivity contribution in [1.82, 2.24) is 4.98 Å². The number of benzene rings is 2. The second-order valence-electron chi connectivity index (χ2n) is 3.67. The largest absolute Gasteiger partial charge is 0.241 e. The molecule has 1 nitrogen and oxygen atoms in total. The van der Waals surface area contributed by atoms with Crippen LogP contribution in [0.5, 0.6) is 0 Å². The Kier molecular flexibility index (Phi) is 2.80. The molecule has 1 heterocycles. The van der Waals surface area contributed by atoms with Gasteiger partial charge in [0.25, 0.3) is 0 Å². The number of hydrogen-bond acceptors (Lipinski definition) is 2. The van der Waals surface area contributed by atoms with Gasteiger partial charge >= 0.3 is 0 Å². The fourth-order valence-corrected chi connectivity index (χ4v) is 2.44. The summed E-state index contributed by atoms with van der Waals surface area (Å²) >= 11 is 1.64. The Labute approximate surface area is 105 Å². The van der Waals surface area contributed by atoms with E-state index in [2.05, 4.69) is 23.2 Å². The molecule has 2 heteroatoms. The predicted octanol–water partition coefficient (Wildman–Crippen LogP) is 4.19. The van der Waals surface area contributed by atoms with Crippen molar-refractivity contribution in [2.45, 2.75) is 9.92 Å². The summed E-state index contributed by atoms with van der Waals surface area (Å²) in [7, 11) is 0. The van der Waals surface area contributed by atoms with Crippen molar-refractivity contribution in [3.63, 3.8) is 0 Å². The Bertz CT molecular complexity index is 635. The zero-order valence-corrected chi connectivity index (χ0v) is 9.95. The fourth-order valence-electron chi connectivity index (χ4n) is 1.66. The molecule has 0 aliphatic rings. The van der Waals surface area contributed by atoms with Gasteiger partial charge in [-0.25, -0.2) is 4.98 Å². The van der Waals surface area contributed by atoms with Gasteiger partial charge in [-0.05, 0) is 24.3 Å². The van der Waals surface area contributed by atoms with Crippen molar-refractivity contribution in [1.29, 1.82) is 0 Å². The first-order chi connectivity index (χ1) is 8.42. The van der Waals surface area contributed by atoms with E-state index in [4.69, 9.17) is 0 Å². The van der Waals surface area contributed by atoms with Crippen molar-refractivity contribution >= 4 is 22.7 Å². The first-order valence-electron chi connectivity index (χ1n) is 5.42. The third-order valence-electron chi connectivity index (χ3n) is 2.47. The van der Waals surface area contributed by atoms with E-state index in [0.717, 1.165) is 15.4 Å². The lowest BCUT2D eigenvalue weighted by Gasteiger charge is -2.02. The van der Waals surface area contributed by atoms with Gasteiger partial charge in [0.2, 0.25) is 0 Å². The molecule has 0 aliphatic heterocycles. The molecular formula is C15H10NS. The van der Waals surface area contributed by atoms with Gasteiger partial charge in [-0.1, -0.05) is 54.2 Å². The van der Waals surface area contributed by atoms with Crippen LogP contribution < -0.4 is 0 Å². The lowest BCUT2D eigenvalue weighted by atomic mass is 10.2. The molecule has 1 aromatic heterocycles. The first kappa shape index (κ1) is 10.4. The number of rotatable bonds is 2. The number of pyridine rings is 1. The van der Waals surface area contributed by atoms with Crippen LogP contribution in [0.1, 0.15) is 0 Å². The molecule has 0 amide bonds. The Morgan fingerprint density at radius 2 is 1.76 bits per heavy atom. The van der Waals surface area contributed by atoms with Gasteiger partial charge in [0.1, 0.15) is 5.03 Å². The number of nitrogens with zero attached hydrogens (tertiary/aromatic N) is 1. The molecule has 0 aliphatic carbocycles. The highest BCUT2D eigenvalue weighted by Gasteiger charge is 2.00. The summed E-state index contributed by atoms with van der Waals surface area (Å²) in [4.78, 5) is 5.71. The van der Waals surface area contributed by atoms with Gasteiger partial charge in [0, 0.05) is 10.3 Å². The van der Waals surface area contributed by atoms with Crippen LogP contribution in [0, 0.1) is 6.07 Å². The van der Waals surface area contributed by atoms with Crippen LogP contribution in [-0.2, 0) is 0 Å². The standard InChI is InChI=1S/C15H10NS/c1-2-7-13(8-3-1)17-15-11-10-12-6-4-5-9-14(12)16-15/h1-7,9-11H. The molecule has 0 spiro atoms. The fraction of sp³-hybridized carbons (Fsp3) is 0. The molecule has 0 saturated heterocycles. The smallest absolute Gasteiger partial charge is 0.101 e. The predicted molar refractivity (Wildman–Crippen MR) is 71.1 cm³/mol. The number of para-hydroxylation sites is 1. The molecule has 0 N–H and O–H groups in total. The second kappa shape index (κ2) is 4.60. The van der Waals surface area contributed by atoms with E-state index in [-0.39, 0.29) is 0 Å². The molecular weight excluding hydrogens is 226 g/mol. The van der Waals surface area contributed by atoms with Crippen LogP contribution >= 0.6 is 11.8 Å². The van der Waals surface area contributed by atoms with Crippen LogP contribution in [0.25, 0.3) is 10.9 Å². The zero-order valence-electron chi connectivity index (χ0n) is 9.13. The number of fused-ring (bicyclic) bond motifs is 1. The van der Waals surface area contributed by atoms with E-state index in [0.29, 0.717) is 0 Å². The summed E-state index contributed by atoms with van der Waals surface area (Å²) in [5, 5.41) is 2.18. The Balaban J connectivity index is 1.96. The van der Waals surface area contributed by atoms with Crippen molar-refractivity contribution in [2.24, 2.45) is 0 Å². The van der Waals surface area contributed by atoms with E-state index >= 15 is 0 Å². The third-order valence-corrected chi connectivity index (χ3v) is 3.38. The van der Waals surface area contributed by atoms with Gasteiger partial charge in [-0.3, -0.25) is 0 Å². The molecule has 2 aromatic carbocycles. The van der Waals surface area contributed by atoms with Crippen molar-refractivity contribution in [3.05, 3.63) is 66.7 Å². The van der Waals surface area contributed by atoms with Gasteiger partial charge in [0.15, 0.2) is 0 Å². The zero-order chi connectivity index (χ0) is 11.5. The summed E-state index contributed by atoms with van der Waals surface area (Å²) in [6.07, 6.45) is 0. The molecule has 3 aromatic rings. The quantitative estimate of drug-likeness (QED) is 0.662. The molecule has 0 fully saturated rings. The minimum Gasteiger partial charge on any atom is -0.241 e. The van der Waals surface area contributed by atoms with E-state index in [1.165, 1.54) is 5.39 Å². The van der Waals surface area contributed by atoms with Crippen molar-refractivity contribution in [3.8, 4) is 0 Å². The Morgan fingerprint density at radius 1 is 0.882 bits per heavy atom. The molecule has 17 heavy (non-hydrogen) atoms. The van der Waals surface area contributed by atoms with E-state index in [1.807, 2.05) is 48.5 Å². The average molecular weight is 236 g/mol. The maximum Gasteiger partial charge on any atom is 0.101 e. The molecule has 81 valence electrons. The molecule has 0 saturated carbocycles. The van der Waals surface area contributed by atoms with E-state index in [9.17, 15) is 0 Å². The number of hydrogen-bond donors (Lipinski definition) is 0. The van der Waals surface area contributed by atoms with E-state index < -0.39 is 0 Å². The van der Waals surface area contributed by atoms with Crippen molar-refractivity contribution < 1.29 is 0 Å². The molecule has 1 radical (unpaired) electrons. The van der Waals surface area contributed by atoms with Crippen LogP contribution in [0.2, 0.25) is 0 Å². The summed E-state index contributed by atoms with van der Waals surface area (Å²) in [5.41, 5.74) is 1.04. The highest BCUT2D eigenvalue weighted by atomic mass is 32.2. The summed E-state index contributed by atoms with van der Waals surface area (Å²) < 4.78 is 0. The lowest BCUT2D eigenvalue weighted by molar-refractivity contribution is 1.18. The summed E-state index contributed by atoms with van der Waals surface area (Å²) in [6.45, 7) is 0. The van der Waals surface area contributed by atoms with Crippen LogP contribution in [-0.4, -0.2) is 4.98 Å². The Hall–Kier alpha value is -1.80.